The molecule has 0 aliphatic heterocycles. The van der Waals surface area contributed by atoms with E-state index in [2.05, 4.69) is 0 Å². The Kier molecular flexibility index (Phi) is 4.13. The number of hydrogen-bond donors (Lipinski definition) is 0. The molecule has 0 atom stereocenters. The monoisotopic (exact) mass is 297 g/mol. The van der Waals surface area contributed by atoms with E-state index in [0.717, 1.165) is 0 Å². The number of carbonyl (C=O) groups excluding carboxylic acids is 1. The molecule has 2 aromatic rings. The van der Waals surface area contributed by atoms with E-state index in [4.69, 9.17) is 16.3 Å². The summed E-state index contributed by atoms with van der Waals surface area (Å²) in [5, 5.41) is 12.6. The van der Waals surface area contributed by atoms with Crippen molar-refractivity contribution in [2.45, 2.75) is 0 Å². The summed E-state index contributed by atoms with van der Waals surface area (Å²) in [5.74, 6) is -0.0710. The van der Waals surface area contributed by atoms with E-state index in [1.165, 1.54) is 29.5 Å². The number of non-ortho nitro benzene ring substituents is 1. The molecule has 1 aromatic heterocycles. The van der Waals surface area contributed by atoms with Crippen LogP contribution in [0, 0.1) is 10.1 Å². The molecule has 5 nitrogen and oxygen atoms in total. The maximum absolute atomic E-state index is 11.7. The Labute approximate surface area is 117 Å². The summed E-state index contributed by atoms with van der Waals surface area (Å²) in [5.41, 5.74) is -0.136. The van der Waals surface area contributed by atoms with Gasteiger partial charge in [-0.15, -0.1) is 11.3 Å². The van der Waals surface area contributed by atoms with Gasteiger partial charge in [0.2, 0.25) is 5.78 Å². The Morgan fingerprint density at radius 2 is 2.21 bits per heavy atom. The van der Waals surface area contributed by atoms with Crippen molar-refractivity contribution in [3.8, 4) is 5.75 Å². The lowest BCUT2D eigenvalue weighted by atomic mass is 10.3. The smallest absolute Gasteiger partial charge is 0.273 e. The van der Waals surface area contributed by atoms with Gasteiger partial charge in [0, 0.05) is 6.07 Å². The van der Waals surface area contributed by atoms with E-state index >= 15 is 0 Å². The van der Waals surface area contributed by atoms with Crippen LogP contribution in [-0.2, 0) is 0 Å². The van der Waals surface area contributed by atoms with Crippen molar-refractivity contribution in [1.82, 2.24) is 0 Å². The van der Waals surface area contributed by atoms with Crippen LogP contribution in [0.3, 0.4) is 0 Å². The second kappa shape index (κ2) is 5.81. The van der Waals surface area contributed by atoms with Gasteiger partial charge in [-0.2, -0.15) is 0 Å². The molecule has 0 unspecified atom stereocenters. The molecule has 0 spiro atoms. The topological polar surface area (TPSA) is 69.4 Å². The summed E-state index contributed by atoms with van der Waals surface area (Å²) in [6.45, 7) is -0.207. The summed E-state index contributed by atoms with van der Waals surface area (Å²) in [6.07, 6.45) is 0. The maximum Gasteiger partial charge on any atom is 0.273 e. The molecular weight excluding hydrogens is 290 g/mol. The van der Waals surface area contributed by atoms with Crippen LogP contribution in [0.5, 0.6) is 5.75 Å². The molecule has 0 amide bonds. The quantitative estimate of drug-likeness (QED) is 0.480. The van der Waals surface area contributed by atoms with Gasteiger partial charge in [-0.25, -0.2) is 0 Å². The van der Waals surface area contributed by atoms with Gasteiger partial charge in [0.15, 0.2) is 6.61 Å². The van der Waals surface area contributed by atoms with Crippen molar-refractivity contribution in [1.29, 1.82) is 0 Å². The number of nitro benzene ring substituents is 1. The fourth-order valence-corrected chi connectivity index (χ4v) is 2.19. The highest BCUT2D eigenvalue weighted by Crippen LogP contribution is 2.29. The van der Waals surface area contributed by atoms with E-state index < -0.39 is 4.92 Å². The summed E-state index contributed by atoms with van der Waals surface area (Å²) < 4.78 is 5.23. The number of nitrogens with zero attached hydrogens (tertiary/aromatic N) is 1. The summed E-state index contributed by atoms with van der Waals surface area (Å²) in [7, 11) is 0. The van der Waals surface area contributed by atoms with Crippen molar-refractivity contribution in [2.75, 3.05) is 6.61 Å². The van der Waals surface area contributed by atoms with E-state index in [9.17, 15) is 14.9 Å². The van der Waals surface area contributed by atoms with Crippen LogP contribution in [0.4, 0.5) is 5.69 Å². The lowest BCUT2D eigenvalue weighted by Crippen LogP contribution is -2.10. The zero-order valence-electron chi connectivity index (χ0n) is 9.54. The Morgan fingerprint density at radius 3 is 2.84 bits per heavy atom. The van der Waals surface area contributed by atoms with Crippen LogP contribution >= 0.6 is 22.9 Å². The van der Waals surface area contributed by atoms with Gasteiger partial charge in [0.25, 0.3) is 5.69 Å². The van der Waals surface area contributed by atoms with Crippen molar-refractivity contribution in [2.24, 2.45) is 0 Å². The predicted octanol–water partition coefficient (Wildman–Crippen LogP) is 3.57. The number of halogens is 1. The minimum absolute atomic E-state index is 0.126. The molecule has 7 heteroatoms. The first-order valence-corrected chi connectivity index (χ1v) is 6.47. The van der Waals surface area contributed by atoms with Crippen LogP contribution in [0.25, 0.3) is 0 Å². The minimum Gasteiger partial charge on any atom is -0.484 e. The van der Waals surface area contributed by atoms with Gasteiger partial charge in [-0.05, 0) is 17.5 Å². The van der Waals surface area contributed by atoms with Crippen LogP contribution in [0.1, 0.15) is 9.67 Å². The Balaban J connectivity index is 2.09. The normalized spacial score (nSPS) is 10.2. The number of ether oxygens (including phenoxy) is 1. The molecule has 0 saturated heterocycles. The number of carbonyl (C=O) groups is 1. The number of nitro groups is 1. The Bertz CT molecular complexity index is 612. The average Bonchev–Trinajstić information content (AvgIpc) is 2.91. The molecule has 19 heavy (non-hydrogen) atoms. The molecule has 0 radical (unpaired) electrons. The fraction of sp³-hybridized carbons (Fsp3) is 0.0833. The average molecular weight is 298 g/mol. The lowest BCUT2D eigenvalue weighted by molar-refractivity contribution is -0.384. The standard InChI is InChI=1S/C12H8ClNO4S/c13-9-4-3-8(14(16)17)6-11(9)18-7-10(15)12-2-1-5-19-12/h1-6H,7H2. The Hall–Kier alpha value is -1.92. The number of thiophene rings is 1. The summed E-state index contributed by atoms with van der Waals surface area (Å²) in [4.78, 5) is 22.4. The molecule has 0 aliphatic rings. The summed E-state index contributed by atoms with van der Waals surface area (Å²) in [6, 6.07) is 7.29. The van der Waals surface area contributed by atoms with Crippen molar-refractivity contribution >= 4 is 34.4 Å². The summed E-state index contributed by atoms with van der Waals surface area (Å²) >= 11 is 7.16. The van der Waals surface area contributed by atoms with Crippen molar-refractivity contribution in [3.63, 3.8) is 0 Å². The fourth-order valence-electron chi connectivity index (χ4n) is 1.37. The van der Waals surface area contributed by atoms with Gasteiger partial charge in [-0.1, -0.05) is 17.7 Å². The number of benzene rings is 1. The molecule has 98 valence electrons. The van der Waals surface area contributed by atoms with Crippen LogP contribution in [0.2, 0.25) is 5.02 Å². The van der Waals surface area contributed by atoms with Gasteiger partial charge < -0.3 is 4.74 Å². The maximum atomic E-state index is 11.7. The highest BCUT2D eigenvalue weighted by molar-refractivity contribution is 7.12. The first kappa shape index (κ1) is 13.5. The Morgan fingerprint density at radius 1 is 1.42 bits per heavy atom. The first-order valence-electron chi connectivity index (χ1n) is 5.21. The van der Waals surface area contributed by atoms with Crippen LogP contribution < -0.4 is 4.74 Å². The second-order valence-electron chi connectivity index (χ2n) is 3.56. The van der Waals surface area contributed by atoms with E-state index in [-0.39, 0.29) is 28.8 Å². The molecule has 0 saturated carbocycles. The zero-order valence-corrected chi connectivity index (χ0v) is 11.1. The third kappa shape index (κ3) is 3.30. The number of ketones is 1. The second-order valence-corrected chi connectivity index (χ2v) is 4.92. The molecule has 1 aromatic carbocycles. The molecule has 0 N–H and O–H groups in total. The molecule has 1 heterocycles. The largest absolute Gasteiger partial charge is 0.484 e. The van der Waals surface area contributed by atoms with E-state index in [0.29, 0.717) is 4.88 Å². The zero-order chi connectivity index (χ0) is 13.8. The van der Waals surface area contributed by atoms with E-state index in [1.807, 2.05) is 0 Å². The molecule has 0 fully saturated rings. The molecule has 0 bridgehead atoms. The third-order valence-corrected chi connectivity index (χ3v) is 3.50. The molecule has 2 rings (SSSR count). The number of hydrogen-bond acceptors (Lipinski definition) is 5. The van der Waals surface area contributed by atoms with Crippen molar-refractivity contribution in [3.05, 3.63) is 55.7 Å². The van der Waals surface area contributed by atoms with Gasteiger partial charge in [-0.3, -0.25) is 14.9 Å². The van der Waals surface area contributed by atoms with Gasteiger partial charge in [0.1, 0.15) is 5.75 Å². The SMILES string of the molecule is O=C(COc1cc([N+](=O)[O-])ccc1Cl)c1cccs1. The molecule has 0 aliphatic carbocycles. The van der Waals surface area contributed by atoms with Crippen LogP contribution in [0.15, 0.2) is 35.7 Å². The molecular formula is C12H8ClNO4S. The van der Waals surface area contributed by atoms with Crippen molar-refractivity contribution < 1.29 is 14.5 Å². The highest BCUT2D eigenvalue weighted by Gasteiger charge is 2.13. The predicted molar refractivity (Wildman–Crippen MR) is 72.3 cm³/mol. The van der Waals surface area contributed by atoms with Gasteiger partial charge >= 0.3 is 0 Å². The minimum atomic E-state index is -0.551. The highest BCUT2D eigenvalue weighted by atomic mass is 35.5. The lowest BCUT2D eigenvalue weighted by Gasteiger charge is -2.06. The van der Waals surface area contributed by atoms with Gasteiger partial charge in [0.05, 0.1) is 20.9 Å². The third-order valence-electron chi connectivity index (χ3n) is 2.28. The first-order chi connectivity index (χ1) is 9.08. The van der Waals surface area contributed by atoms with E-state index in [1.54, 1.807) is 17.5 Å². The number of rotatable bonds is 5. The van der Waals surface area contributed by atoms with Crippen LogP contribution in [-0.4, -0.2) is 17.3 Å². The number of Topliss-reactive ketones (excluding diaryl/α,β-unsaturated/α-hetero) is 1.